The zero-order valence-electron chi connectivity index (χ0n) is 15.7. The predicted molar refractivity (Wildman–Crippen MR) is 97.1 cm³/mol. The van der Waals surface area contributed by atoms with Crippen LogP contribution in [0.1, 0.15) is 38.8 Å². The topological polar surface area (TPSA) is 33.5 Å². The number of ether oxygens (including phenoxy) is 1. The van der Waals surface area contributed by atoms with Crippen LogP contribution in [0.15, 0.2) is 12.3 Å². The first-order chi connectivity index (χ1) is 11.6. The van der Waals surface area contributed by atoms with Crippen LogP contribution in [0.5, 0.6) is 0 Å². The Morgan fingerprint density at radius 3 is 2.42 bits per heavy atom. The van der Waals surface area contributed by atoms with Crippen LogP contribution in [0.25, 0.3) is 0 Å². The first-order valence-corrected chi connectivity index (χ1v) is 9.67. The molecule has 0 N–H and O–H groups in total. The van der Waals surface area contributed by atoms with Crippen molar-refractivity contribution in [3.05, 3.63) is 18.0 Å². The Hall–Kier alpha value is -0.910. The van der Waals surface area contributed by atoms with Crippen LogP contribution in [-0.2, 0) is 18.2 Å². The first-order valence-electron chi connectivity index (χ1n) is 9.67. The molecular weight excluding hydrogens is 300 g/mol. The van der Waals surface area contributed by atoms with Crippen molar-refractivity contribution >= 4 is 0 Å². The summed E-state index contributed by atoms with van der Waals surface area (Å²) in [7, 11) is 2.04. The summed E-state index contributed by atoms with van der Waals surface area (Å²) >= 11 is 0. The fraction of sp³-hybridized carbons (Fsp3) is 0.842. The second kappa shape index (κ2) is 8.45. The van der Waals surface area contributed by atoms with Crippen molar-refractivity contribution < 1.29 is 4.74 Å². The van der Waals surface area contributed by atoms with Gasteiger partial charge in [-0.1, -0.05) is 0 Å². The highest BCUT2D eigenvalue weighted by atomic mass is 16.5. The van der Waals surface area contributed by atoms with E-state index in [-0.39, 0.29) is 0 Å². The lowest BCUT2D eigenvalue weighted by Gasteiger charge is -2.37. The fourth-order valence-electron chi connectivity index (χ4n) is 4.25. The Balaban J connectivity index is 1.32. The molecule has 5 nitrogen and oxygen atoms in total. The van der Waals surface area contributed by atoms with Crippen molar-refractivity contribution in [2.24, 2.45) is 13.0 Å². The van der Waals surface area contributed by atoms with Gasteiger partial charge >= 0.3 is 0 Å². The van der Waals surface area contributed by atoms with Gasteiger partial charge in [0.05, 0.1) is 12.2 Å². The lowest BCUT2D eigenvalue weighted by atomic mass is 9.93. The molecule has 0 radical (unpaired) electrons. The second-order valence-corrected chi connectivity index (χ2v) is 7.79. The Morgan fingerprint density at radius 2 is 1.79 bits per heavy atom. The van der Waals surface area contributed by atoms with E-state index in [1.54, 1.807) is 0 Å². The van der Waals surface area contributed by atoms with Crippen LogP contribution < -0.4 is 0 Å². The molecule has 0 aromatic carbocycles. The zero-order valence-corrected chi connectivity index (χ0v) is 15.7. The van der Waals surface area contributed by atoms with Crippen molar-refractivity contribution in [2.75, 3.05) is 39.3 Å². The van der Waals surface area contributed by atoms with E-state index in [9.17, 15) is 0 Å². The molecule has 0 amide bonds. The molecule has 3 heterocycles. The maximum Gasteiger partial charge on any atom is 0.0678 e. The lowest BCUT2D eigenvalue weighted by Crippen LogP contribution is -2.46. The van der Waals surface area contributed by atoms with Gasteiger partial charge < -0.3 is 9.64 Å². The number of morpholine rings is 1. The molecule has 136 valence electrons. The molecule has 2 fully saturated rings. The van der Waals surface area contributed by atoms with E-state index in [1.165, 1.54) is 51.1 Å². The summed E-state index contributed by atoms with van der Waals surface area (Å²) in [5.74, 6) is 0.909. The zero-order chi connectivity index (χ0) is 16.9. The van der Waals surface area contributed by atoms with Crippen molar-refractivity contribution in [1.82, 2.24) is 19.6 Å². The maximum atomic E-state index is 5.83. The van der Waals surface area contributed by atoms with Crippen molar-refractivity contribution in [2.45, 2.75) is 51.7 Å². The van der Waals surface area contributed by atoms with Gasteiger partial charge in [0.25, 0.3) is 0 Å². The molecule has 0 bridgehead atoms. The maximum absolute atomic E-state index is 5.83. The highest BCUT2D eigenvalue weighted by Gasteiger charge is 2.24. The molecular formula is C19H34N4O. The van der Waals surface area contributed by atoms with Crippen molar-refractivity contribution in [3.8, 4) is 0 Å². The van der Waals surface area contributed by atoms with E-state index >= 15 is 0 Å². The molecule has 2 aliphatic rings. The highest BCUT2D eigenvalue weighted by molar-refractivity contribution is 5.00. The first kappa shape index (κ1) is 17.9. The Labute approximate surface area is 146 Å². The van der Waals surface area contributed by atoms with Gasteiger partial charge in [-0.2, -0.15) is 5.10 Å². The minimum absolute atomic E-state index is 0.391. The number of aromatic nitrogens is 2. The molecule has 0 spiro atoms. The van der Waals surface area contributed by atoms with Crippen LogP contribution in [0.2, 0.25) is 0 Å². The molecule has 1 aromatic rings. The summed E-state index contributed by atoms with van der Waals surface area (Å²) < 4.78 is 7.83. The number of hydrogen-bond acceptors (Lipinski definition) is 4. The molecule has 2 atom stereocenters. The number of hydrogen-bond donors (Lipinski definition) is 0. The molecule has 0 aliphatic carbocycles. The fourth-order valence-corrected chi connectivity index (χ4v) is 4.25. The standard InChI is InChI=1S/C19H34N4O/c1-16-14-23(15-17(2)24-16)12-7-18-5-10-22(11-6-18)13-8-19-4-9-20-21(19)3/h4,9,16-18H,5-8,10-15H2,1-3H3. The third-order valence-corrected chi connectivity index (χ3v) is 5.66. The largest absolute Gasteiger partial charge is 0.373 e. The van der Waals surface area contributed by atoms with E-state index in [4.69, 9.17) is 4.74 Å². The van der Waals surface area contributed by atoms with E-state index < -0.39 is 0 Å². The monoisotopic (exact) mass is 334 g/mol. The average Bonchev–Trinajstić information content (AvgIpc) is 2.96. The quantitative estimate of drug-likeness (QED) is 0.798. The number of piperidine rings is 1. The molecule has 2 unspecified atom stereocenters. The van der Waals surface area contributed by atoms with Gasteiger partial charge in [-0.05, 0) is 64.7 Å². The summed E-state index contributed by atoms with van der Waals surface area (Å²) in [5, 5.41) is 4.26. The number of rotatable bonds is 6. The van der Waals surface area contributed by atoms with Gasteiger partial charge in [-0.25, -0.2) is 0 Å². The molecule has 5 heteroatoms. The third-order valence-electron chi connectivity index (χ3n) is 5.66. The lowest BCUT2D eigenvalue weighted by molar-refractivity contribution is -0.0693. The molecule has 24 heavy (non-hydrogen) atoms. The van der Waals surface area contributed by atoms with Gasteiger partial charge in [0.1, 0.15) is 0 Å². The van der Waals surface area contributed by atoms with Crippen LogP contribution in [0, 0.1) is 5.92 Å². The Morgan fingerprint density at radius 1 is 1.08 bits per heavy atom. The average molecular weight is 335 g/mol. The van der Waals surface area contributed by atoms with Gasteiger partial charge in [-0.15, -0.1) is 0 Å². The van der Waals surface area contributed by atoms with Gasteiger partial charge in [0.2, 0.25) is 0 Å². The highest BCUT2D eigenvalue weighted by Crippen LogP contribution is 2.22. The molecule has 2 saturated heterocycles. The number of nitrogens with zero attached hydrogens (tertiary/aromatic N) is 4. The number of likely N-dealkylation sites (tertiary alicyclic amines) is 1. The van der Waals surface area contributed by atoms with Crippen molar-refractivity contribution in [3.63, 3.8) is 0 Å². The van der Waals surface area contributed by atoms with Gasteiger partial charge in [-0.3, -0.25) is 9.58 Å². The summed E-state index contributed by atoms with van der Waals surface area (Å²) in [6.07, 6.45) is 7.88. The molecule has 0 saturated carbocycles. The summed E-state index contributed by atoms with van der Waals surface area (Å²) in [6.45, 7) is 11.5. The van der Waals surface area contributed by atoms with E-state index in [0.717, 1.165) is 25.4 Å². The Bertz CT molecular complexity index is 485. The summed E-state index contributed by atoms with van der Waals surface area (Å²) in [6, 6.07) is 2.14. The summed E-state index contributed by atoms with van der Waals surface area (Å²) in [4.78, 5) is 5.23. The molecule has 2 aliphatic heterocycles. The van der Waals surface area contributed by atoms with Crippen molar-refractivity contribution in [1.29, 1.82) is 0 Å². The predicted octanol–water partition coefficient (Wildman–Crippen LogP) is 2.17. The van der Waals surface area contributed by atoms with E-state index in [1.807, 2.05) is 17.9 Å². The van der Waals surface area contributed by atoms with Crippen LogP contribution >= 0.6 is 0 Å². The second-order valence-electron chi connectivity index (χ2n) is 7.79. The smallest absolute Gasteiger partial charge is 0.0678 e. The molecule has 1 aromatic heterocycles. The minimum atomic E-state index is 0.391. The molecule has 3 rings (SSSR count). The third kappa shape index (κ3) is 5.04. The van der Waals surface area contributed by atoms with Gasteiger partial charge in [0.15, 0.2) is 0 Å². The minimum Gasteiger partial charge on any atom is -0.373 e. The SMILES string of the molecule is CC1CN(CCC2CCN(CCc3ccnn3C)CC2)CC(C)O1. The number of aryl methyl sites for hydroxylation is 1. The van der Waals surface area contributed by atoms with Crippen LogP contribution in [-0.4, -0.2) is 71.1 Å². The van der Waals surface area contributed by atoms with Crippen LogP contribution in [0.3, 0.4) is 0 Å². The normalized spacial score (nSPS) is 27.6. The Kier molecular flexibility index (Phi) is 6.31. The van der Waals surface area contributed by atoms with E-state index in [2.05, 4.69) is 34.8 Å². The van der Waals surface area contributed by atoms with Gasteiger partial charge in [0, 0.05) is 45.0 Å². The van der Waals surface area contributed by atoms with E-state index in [0.29, 0.717) is 12.2 Å². The summed E-state index contributed by atoms with van der Waals surface area (Å²) in [5.41, 5.74) is 1.34. The van der Waals surface area contributed by atoms with Crippen LogP contribution in [0.4, 0.5) is 0 Å².